The fourth-order valence-corrected chi connectivity index (χ4v) is 7.75. The van der Waals surface area contributed by atoms with Gasteiger partial charge in [0.05, 0.1) is 17.9 Å². The molecule has 4 bridgehead atoms. The van der Waals surface area contributed by atoms with E-state index in [2.05, 4.69) is 10.1 Å². The van der Waals surface area contributed by atoms with Gasteiger partial charge in [-0.1, -0.05) is 17.3 Å². The smallest absolute Gasteiger partial charge is 0.311 e. The van der Waals surface area contributed by atoms with Gasteiger partial charge in [-0.15, -0.1) is 0 Å². The molecule has 0 spiro atoms. The van der Waals surface area contributed by atoms with Crippen molar-refractivity contribution in [1.29, 1.82) is 0 Å². The highest BCUT2D eigenvalue weighted by molar-refractivity contribution is 5.99. The molecule has 7 aliphatic carbocycles. The Bertz CT molecular complexity index is 1220. The molecule has 7 fully saturated rings. The molecule has 7 nitrogen and oxygen atoms in total. The Labute approximate surface area is 216 Å². The van der Waals surface area contributed by atoms with Crippen LogP contribution in [-0.2, 0) is 14.3 Å². The fourth-order valence-electron chi connectivity index (χ4n) is 7.75. The van der Waals surface area contributed by atoms with Crippen LogP contribution in [0.25, 0.3) is 11.4 Å². The predicted octanol–water partition coefficient (Wildman–Crippen LogP) is 5.60. The molecule has 7 saturated carbocycles. The minimum atomic E-state index is -0.875. The van der Waals surface area contributed by atoms with Crippen LogP contribution in [0.5, 0.6) is 0 Å². The van der Waals surface area contributed by atoms with Gasteiger partial charge in [-0.3, -0.25) is 9.59 Å². The molecule has 37 heavy (non-hydrogen) atoms. The monoisotopic (exact) mass is 507 g/mol. The molecule has 9 rings (SSSR count). The Kier molecular flexibility index (Phi) is 5.12. The lowest BCUT2D eigenvalue weighted by Crippen LogP contribution is -2.54. The van der Waals surface area contributed by atoms with E-state index in [1.807, 2.05) is 29.2 Å². The molecule has 0 aliphatic heterocycles. The van der Waals surface area contributed by atoms with E-state index in [9.17, 15) is 14.0 Å². The van der Waals surface area contributed by atoms with Crippen LogP contribution >= 0.6 is 0 Å². The lowest BCUT2D eigenvalue weighted by Gasteiger charge is -2.54. The van der Waals surface area contributed by atoms with E-state index in [1.165, 1.54) is 7.11 Å². The Morgan fingerprint density at radius 1 is 1.08 bits per heavy atom. The van der Waals surface area contributed by atoms with Crippen LogP contribution in [0.1, 0.15) is 82.4 Å². The minimum absolute atomic E-state index is 0.0282. The minimum Gasteiger partial charge on any atom is -0.469 e. The Morgan fingerprint density at radius 3 is 2.43 bits per heavy atom. The highest BCUT2D eigenvalue weighted by Gasteiger charge is 2.62. The summed E-state index contributed by atoms with van der Waals surface area (Å²) in [4.78, 5) is 33.3. The van der Waals surface area contributed by atoms with Crippen molar-refractivity contribution in [3.63, 3.8) is 0 Å². The van der Waals surface area contributed by atoms with Gasteiger partial charge in [-0.05, 0) is 94.1 Å². The van der Waals surface area contributed by atoms with Crippen molar-refractivity contribution in [3.05, 3.63) is 30.2 Å². The van der Waals surface area contributed by atoms with Crippen LogP contribution in [0.4, 0.5) is 10.1 Å². The summed E-state index contributed by atoms with van der Waals surface area (Å²) in [5.41, 5.74) is 0.640. The Hall–Kier alpha value is -2.77. The first-order valence-electron chi connectivity index (χ1n) is 13.8. The van der Waals surface area contributed by atoms with Gasteiger partial charge in [0.1, 0.15) is 6.17 Å². The molecule has 0 saturated heterocycles. The molecule has 0 radical (unpaired) electrons. The predicted molar refractivity (Wildman–Crippen MR) is 133 cm³/mol. The van der Waals surface area contributed by atoms with Gasteiger partial charge in [0, 0.05) is 23.7 Å². The van der Waals surface area contributed by atoms with Crippen molar-refractivity contribution >= 4 is 17.6 Å². The summed E-state index contributed by atoms with van der Waals surface area (Å²) >= 11 is 0. The van der Waals surface area contributed by atoms with E-state index >= 15 is 0 Å². The average molecular weight is 508 g/mol. The molecule has 1 amide bonds. The summed E-state index contributed by atoms with van der Waals surface area (Å²) in [6.45, 7) is 0.593. The van der Waals surface area contributed by atoms with Crippen LogP contribution in [0.2, 0.25) is 0 Å². The zero-order valence-corrected chi connectivity index (χ0v) is 21.4. The van der Waals surface area contributed by atoms with E-state index in [-0.39, 0.29) is 28.6 Å². The summed E-state index contributed by atoms with van der Waals surface area (Å²) < 4.78 is 25.1. The van der Waals surface area contributed by atoms with Gasteiger partial charge in [0.15, 0.2) is 0 Å². The third-order valence-corrected chi connectivity index (χ3v) is 10.4. The van der Waals surface area contributed by atoms with Gasteiger partial charge in [0.2, 0.25) is 17.6 Å². The number of hydrogen-bond acceptors (Lipinski definition) is 6. The molecule has 7 aliphatic rings. The zero-order chi connectivity index (χ0) is 25.4. The van der Waals surface area contributed by atoms with E-state index in [0.717, 1.165) is 62.6 Å². The van der Waals surface area contributed by atoms with E-state index < -0.39 is 11.6 Å². The highest BCUT2D eigenvalue weighted by atomic mass is 19.1. The van der Waals surface area contributed by atoms with Gasteiger partial charge < -0.3 is 14.2 Å². The molecule has 1 aromatic heterocycles. The second kappa shape index (κ2) is 8.11. The van der Waals surface area contributed by atoms with Crippen LogP contribution < -0.4 is 4.90 Å². The number of esters is 1. The maximum atomic E-state index is 14.5. The number of alkyl halides is 1. The van der Waals surface area contributed by atoms with Crippen molar-refractivity contribution in [3.8, 4) is 11.4 Å². The first kappa shape index (κ1) is 23.4. The quantitative estimate of drug-likeness (QED) is 0.454. The van der Waals surface area contributed by atoms with Gasteiger partial charge in [0.25, 0.3) is 0 Å². The topological polar surface area (TPSA) is 85.5 Å². The molecule has 8 heteroatoms. The zero-order valence-electron chi connectivity index (χ0n) is 21.4. The van der Waals surface area contributed by atoms with Crippen LogP contribution in [-0.4, -0.2) is 41.8 Å². The molecular weight excluding hydrogens is 473 g/mol. The summed E-state index contributed by atoms with van der Waals surface area (Å²) in [7, 11) is 1.48. The van der Waals surface area contributed by atoms with E-state index in [0.29, 0.717) is 43.4 Å². The molecule has 1 heterocycles. The van der Waals surface area contributed by atoms with E-state index in [4.69, 9.17) is 9.26 Å². The van der Waals surface area contributed by atoms with Crippen LogP contribution in [0.3, 0.4) is 0 Å². The maximum Gasteiger partial charge on any atom is 0.311 e. The number of halogens is 1. The summed E-state index contributed by atoms with van der Waals surface area (Å²) in [6, 6.07) is 7.84. The largest absolute Gasteiger partial charge is 0.469 e. The number of methoxy groups -OCH3 is 1. The average Bonchev–Trinajstić information content (AvgIpc) is 3.41. The third kappa shape index (κ3) is 3.65. The number of anilines is 1. The number of carbonyl (C=O) groups excluding carboxylic acids is 2. The summed E-state index contributed by atoms with van der Waals surface area (Å²) in [5.74, 6) is 1.59. The molecule has 196 valence electrons. The van der Waals surface area contributed by atoms with Crippen LogP contribution in [0, 0.1) is 22.2 Å². The number of hydrogen-bond donors (Lipinski definition) is 0. The first-order chi connectivity index (χ1) is 17.8. The van der Waals surface area contributed by atoms with Gasteiger partial charge >= 0.3 is 5.97 Å². The van der Waals surface area contributed by atoms with Crippen molar-refractivity contribution < 1.29 is 23.2 Å². The Balaban J connectivity index is 1.19. The van der Waals surface area contributed by atoms with Crippen molar-refractivity contribution in [2.24, 2.45) is 22.2 Å². The molecular formula is C29H34FN3O4. The number of ether oxygens (including phenoxy) is 1. The molecule has 1 aromatic carbocycles. The van der Waals surface area contributed by atoms with Crippen molar-refractivity contribution in [1.82, 2.24) is 10.1 Å². The first-order valence-corrected chi connectivity index (χ1v) is 13.8. The number of aromatic nitrogens is 2. The number of amides is 1. The third-order valence-electron chi connectivity index (χ3n) is 10.4. The molecule has 0 unspecified atom stereocenters. The fraction of sp³-hybridized carbons (Fsp3) is 0.655. The lowest BCUT2D eigenvalue weighted by atomic mass is 9.53. The number of benzene rings is 1. The standard InChI is InChI=1S/C29H34FN3O4/c1-36-26(35)28-10-7-27(8-11-28,9-12-28)17-33(25(34)29-14-20(15-29)22(30)16-29)21-4-2-3-19(13-21)23-31-24(37-32-23)18-5-6-18/h2-4,13,18,20,22H,5-12,14-17H2,1H3/t20?,22-,27?,28?,29?/m0/s1. The van der Waals surface area contributed by atoms with Gasteiger partial charge in [-0.25, -0.2) is 4.39 Å². The summed E-state index contributed by atoms with van der Waals surface area (Å²) in [5, 5.41) is 4.20. The normalized spacial score (nSPS) is 35.7. The molecule has 0 N–H and O–H groups in total. The maximum absolute atomic E-state index is 14.5. The SMILES string of the molecule is COC(=O)C12CCC(CN(C(=O)C34CC(C3)[C@@H](F)C4)c3cccc(-c4noc(C5CC5)n4)c3)(CC1)CC2. The second-order valence-electron chi connectivity index (χ2n) is 12.6. The number of rotatable bonds is 7. The summed E-state index contributed by atoms with van der Waals surface area (Å²) in [6.07, 6.45) is 8.00. The van der Waals surface area contributed by atoms with Gasteiger partial charge in [-0.2, -0.15) is 4.98 Å². The highest BCUT2D eigenvalue weighted by Crippen LogP contribution is 2.62. The van der Waals surface area contributed by atoms with E-state index in [1.54, 1.807) is 0 Å². The number of carbonyl (C=O) groups is 2. The second-order valence-corrected chi connectivity index (χ2v) is 12.6. The number of nitrogens with zero attached hydrogens (tertiary/aromatic N) is 3. The lowest BCUT2D eigenvalue weighted by molar-refractivity contribution is -0.162. The van der Waals surface area contributed by atoms with Crippen molar-refractivity contribution in [2.45, 2.75) is 82.7 Å². The van der Waals surface area contributed by atoms with Crippen LogP contribution in [0.15, 0.2) is 28.8 Å². The Morgan fingerprint density at radius 2 is 1.81 bits per heavy atom. The molecule has 1 atom stereocenters. The van der Waals surface area contributed by atoms with Crippen molar-refractivity contribution in [2.75, 3.05) is 18.6 Å². The molecule has 2 aromatic rings. The number of fused-ring (bicyclic) bond motifs is 4.